The van der Waals surface area contributed by atoms with Crippen LogP contribution in [0, 0.1) is 6.92 Å². The summed E-state index contributed by atoms with van der Waals surface area (Å²) in [5, 5.41) is 9.04. The summed E-state index contributed by atoms with van der Waals surface area (Å²) in [5.41, 5.74) is 5.60. The van der Waals surface area contributed by atoms with Crippen LogP contribution >= 0.6 is 11.8 Å². The van der Waals surface area contributed by atoms with Gasteiger partial charge in [-0.2, -0.15) is 0 Å². The predicted molar refractivity (Wildman–Crippen MR) is 65.5 cm³/mol. The molecular weight excluding hydrogens is 224 g/mol. The third-order valence-corrected chi connectivity index (χ3v) is 3.44. The minimum Gasteiger partial charge on any atom is -0.377 e. The molecule has 0 amide bonds. The van der Waals surface area contributed by atoms with Crippen LogP contribution < -0.4 is 5.73 Å². The standard InChI is InChI=1S/C10H20N4OS/c1-4-15-9(7-11)5-6-16-10-13-12-8(2)14(10)3/h9H,4-7,11H2,1-3H3. The second-order valence-electron chi connectivity index (χ2n) is 3.54. The first-order chi connectivity index (χ1) is 7.69. The second kappa shape index (κ2) is 6.88. The zero-order valence-corrected chi connectivity index (χ0v) is 11.0. The van der Waals surface area contributed by atoms with Crippen molar-refractivity contribution < 1.29 is 4.74 Å². The van der Waals surface area contributed by atoms with Crippen molar-refractivity contribution in [1.29, 1.82) is 0 Å². The van der Waals surface area contributed by atoms with Crippen molar-refractivity contribution in [2.75, 3.05) is 18.9 Å². The van der Waals surface area contributed by atoms with Crippen LogP contribution in [0.25, 0.3) is 0 Å². The van der Waals surface area contributed by atoms with Gasteiger partial charge in [-0.15, -0.1) is 10.2 Å². The Kier molecular flexibility index (Phi) is 5.79. The zero-order chi connectivity index (χ0) is 12.0. The van der Waals surface area contributed by atoms with E-state index < -0.39 is 0 Å². The lowest BCUT2D eigenvalue weighted by molar-refractivity contribution is 0.0674. The maximum absolute atomic E-state index is 5.60. The number of aromatic nitrogens is 3. The highest BCUT2D eigenvalue weighted by Gasteiger charge is 2.09. The lowest BCUT2D eigenvalue weighted by Gasteiger charge is -2.13. The maximum Gasteiger partial charge on any atom is 0.190 e. The fourth-order valence-electron chi connectivity index (χ4n) is 1.30. The number of aryl methyl sites for hydroxylation is 1. The van der Waals surface area contributed by atoms with Gasteiger partial charge in [-0.05, 0) is 20.3 Å². The Bertz CT molecular complexity index is 316. The van der Waals surface area contributed by atoms with Gasteiger partial charge in [-0.1, -0.05) is 11.8 Å². The van der Waals surface area contributed by atoms with Crippen molar-refractivity contribution in [3.63, 3.8) is 0 Å². The monoisotopic (exact) mass is 244 g/mol. The highest BCUT2D eigenvalue weighted by molar-refractivity contribution is 7.99. The maximum atomic E-state index is 5.60. The van der Waals surface area contributed by atoms with E-state index >= 15 is 0 Å². The molecule has 0 spiro atoms. The highest BCUT2D eigenvalue weighted by Crippen LogP contribution is 2.17. The molecule has 0 radical (unpaired) electrons. The van der Waals surface area contributed by atoms with Gasteiger partial charge in [0.2, 0.25) is 0 Å². The summed E-state index contributed by atoms with van der Waals surface area (Å²) in [6.07, 6.45) is 1.10. The third-order valence-electron chi connectivity index (χ3n) is 2.39. The van der Waals surface area contributed by atoms with Gasteiger partial charge in [-0.25, -0.2) is 0 Å². The molecule has 2 N–H and O–H groups in total. The Hall–Kier alpha value is -0.590. The molecule has 92 valence electrons. The Morgan fingerprint density at radius 1 is 1.50 bits per heavy atom. The topological polar surface area (TPSA) is 66.0 Å². The van der Waals surface area contributed by atoms with Crippen molar-refractivity contribution in [1.82, 2.24) is 14.8 Å². The van der Waals surface area contributed by atoms with Crippen LogP contribution in [0.4, 0.5) is 0 Å². The molecule has 0 aliphatic carbocycles. The van der Waals surface area contributed by atoms with Crippen molar-refractivity contribution in [3.05, 3.63) is 5.82 Å². The largest absolute Gasteiger partial charge is 0.377 e. The molecule has 0 aliphatic heterocycles. The molecule has 0 aromatic carbocycles. The Morgan fingerprint density at radius 3 is 2.75 bits per heavy atom. The molecule has 5 nitrogen and oxygen atoms in total. The minimum absolute atomic E-state index is 0.159. The van der Waals surface area contributed by atoms with E-state index in [1.54, 1.807) is 11.8 Å². The molecule has 0 fully saturated rings. The van der Waals surface area contributed by atoms with Crippen LogP contribution in [0.2, 0.25) is 0 Å². The Labute approximate surface area is 101 Å². The summed E-state index contributed by atoms with van der Waals surface area (Å²) in [6.45, 7) is 5.23. The zero-order valence-electron chi connectivity index (χ0n) is 10.1. The number of hydrogen-bond donors (Lipinski definition) is 1. The van der Waals surface area contributed by atoms with Gasteiger partial charge < -0.3 is 15.0 Å². The average molecular weight is 244 g/mol. The Balaban J connectivity index is 2.32. The first-order valence-electron chi connectivity index (χ1n) is 5.49. The van der Waals surface area contributed by atoms with Crippen LogP contribution in [-0.2, 0) is 11.8 Å². The van der Waals surface area contributed by atoms with E-state index in [-0.39, 0.29) is 6.10 Å². The molecule has 1 heterocycles. The Morgan fingerprint density at radius 2 is 2.25 bits per heavy atom. The van der Waals surface area contributed by atoms with Gasteiger partial charge in [-0.3, -0.25) is 0 Å². The number of nitrogens with two attached hydrogens (primary N) is 1. The molecule has 0 saturated carbocycles. The summed E-state index contributed by atoms with van der Waals surface area (Å²) < 4.78 is 7.47. The number of ether oxygens (including phenoxy) is 1. The van der Waals surface area contributed by atoms with Crippen LogP contribution in [-0.4, -0.2) is 39.8 Å². The summed E-state index contributed by atoms with van der Waals surface area (Å²) in [4.78, 5) is 0. The van der Waals surface area contributed by atoms with Gasteiger partial charge in [0.15, 0.2) is 5.16 Å². The van der Waals surface area contributed by atoms with Crippen LogP contribution in [0.5, 0.6) is 0 Å². The van der Waals surface area contributed by atoms with Crippen molar-refractivity contribution in [2.45, 2.75) is 31.5 Å². The van der Waals surface area contributed by atoms with Crippen molar-refractivity contribution >= 4 is 11.8 Å². The van der Waals surface area contributed by atoms with Crippen molar-refractivity contribution in [3.8, 4) is 0 Å². The fourth-order valence-corrected chi connectivity index (χ4v) is 2.29. The number of nitrogens with zero attached hydrogens (tertiary/aromatic N) is 3. The number of thioether (sulfide) groups is 1. The summed E-state index contributed by atoms with van der Waals surface area (Å²) in [7, 11) is 1.97. The van der Waals surface area contributed by atoms with E-state index in [0.29, 0.717) is 6.54 Å². The van der Waals surface area contributed by atoms with E-state index in [0.717, 1.165) is 29.8 Å². The van der Waals surface area contributed by atoms with E-state index in [9.17, 15) is 0 Å². The van der Waals surface area contributed by atoms with Gasteiger partial charge in [0.1, 0.15) is 5.82 Å². The fraction of sp³-hybridized carbons (Fsp3) is 0.800. The molecule has 1 atom stereocenters. The molecule has 16 heavy (non-hydrogen) atoms. The minimum atomic E-state index is 0.159. The van der Waals surface area contributed by atoms with Crippen LogP contribution in [0.15, 0.2) is 5.16 Å². The van der Waals surface area contributed by atoms with Gasteiger partial charge in [0, 0.05) is 26.0 Å². The van der Waals surface area contributed by atoms with Gasteiger partial charge in [0.05, 0.1) is 6.10 Å². The first kappa shape index (κ1) is 13.5. The molecule has 1 unspecified atom stereocenters. The molecule has 6 heteroatoms. The first-order valence-corrected chi connectivity index (χ1v) is 6.48. The summed E-state index contributed by atoms with van der Waals surface area (Å²) >= 11 is 1.69. The lowest BCUT2D eigenvalue weighted by Crippen LogP contribution is -2.24. The van der Waals surface area contributed by atoms with Crippen LogP contribution in [0.3, 0.4) is 0 Å². The van der Waals surface area contributed by atoms with Crippen LogP contribution in [0.1, 0.15) is 19.2 Å². The van der Waals surface area contributed by atoms with Crippen molar-refractivity contribution in [2.24, 2.45) is 12.8 Å². The van der Waals surface area contributed by atoms with E-state index in [1.807, 2.05) is 25.5 Å². The smallest absolute Gasteiger partial charge is 0.190 e. The third kappa shape index (κ3) is 3.77. The predicted octanol–water partition coefficient (Wildman–Crippen LogP) is 0.970. The SMILES string of the molecule is CCOC(CN)CCSc1nnc(C)n1C. The quantitative estimate of drug-likeness (QED) is 0.724. The van der Waals surface area contributed by atoms with Gasteiger partial charge >= 0.3 is 0 Å². The number of rotatable bonds is 7. The summed E-state index contributed by atoms with van der Waals surface area (Å²) in [6, 6.07) is 0. The number of hydrogen-bond acceptors (Lipinski definition) is 5. The molecule has 0 saturated heterocycles. The average Bonchev–Trinajstić information content (AvgIpc) is 2.59. The normalized spacial score (nSPS) is 13.0. The van der Waals surface area contributed by atoms with E-state index in [2.05, 4.69) is 10.2 Å². The molecule has 0 aliphatic rings. The summed E-state index contributed by atoms with van der Waals surface area (Å²) in [5.74, 6) is 1.89. The molecule has 0 bridgehead atoms. The van der Waals surface area contributed by atoms with E-state index in [1.165, 1.54) is 0 Å². The second-order valence-corrected chi connectivity index (χ2v) is 4.60. The van der Waals surface area contributed by atoms with Gasteiger partial charge in [0.25, 0.3) is 0 Å². The lowest BCUT2D eigenvalue weighted by atomic mass is 10.3. The molecule has 1 aromatic rings. The highest BCUT2D eigenvalue weighted by atomic mass is 32.2. The molecule has 1 aromatic heterocycles. The molecular formula is C10H20N4OS. The molecule has 1 rings (SSSR count). The van der Waals surface area contributed by atoms with E-state index in [4.69, 9.17) is 10.5 Å².